The monoisotopic (exact) mass is 481 g/mol. The van der Waals surface area contributed by atoms with Gasteiger partial charge in [0.2, 0.25) is 0 Å². The van der Waals surface area contributed by atoms with Gasteiger partial charge in [0.15, 0.2) is 0 Å². The van der Waals surface area contributed by atoms with Crippen molar-refractivity contribution in [1.29, 1.82) is 0 Å². The molecule has 0 saturated carbocycles. The molecule has 2 aromatic heterocycles. The topological polar surface area (TPSA) is 109 Å². The molecule has 0 radical (unpaired) electrons. The van der Waals surface area contributed by atoms with Gasteiger partial charge in [0.25, 0.3) is 5.91 Å². The summed E-state index contributed by atoms with van der Waals surface area (Å²) >= 11 is 0. The molecule has 0 bridgehead atoms. The third-order valence-corrected chi connectivity index (χ3v) is 6.82. The van der Waals surface area contributed by atoms with E-state index in [2.05, 4.69) is 25.6 Å². The number of fused-ring (bicyclic) bond motifs is 1. The van der Waals surface area contributed by atoms with Gasteiger partial charge in [-0.2, -0.15) is 5.10 Å². The Balaban J connectivity index is 1.21. The zero-order chi connectivity index (χ0) is 24.4. The fourth-order valence-corrected chi connectivity index (χ4v) is 4.90. The molecule has 3 aromatic rings. The predicted molar refractivity (Wildman–Crippen MR) is 126 cm³/mol. The van der Waals surface area contributed by atoms with Crippen LogP contribution in [0.15, 0.2) is 30.5 Å². The van der Waals surface area contributed by atoms with Gasteiger partial charge in [-0.15, -0.1) is 5.10 Å². The first kappa shape index (κ1) is 23.3. The van der Waals surface area contributed by atoms with Crippen LogP contribution in [0.2, 0.25) is 0 Å². The Bertz CT molecular complexity index is 1210. The summed E-state index contributed by atoms with van der Waals surface area (Å²) in [5.74, 6) is 1.42. The Kier molecular flexibility index (Phi) is 6.44. The van der Waals surface area contributed by atoms with Crippen LogP contribution in [-0.2, 0) is 37.5 Å². The molecule has 11 heteroatoms. The summed E-state index contributed by atoms with van der Waals surface area (Å²) in [6.07, 6.45) is 2.54. The maximum absolute atomic E-state index is 12.5. The van der Waals surface area contributed by atoms with E-state index in [0.29, 0.717) is 31.9 Å². The van der Waals surface area contributed by atoms with Crippen molar-refractivity contribution in [3.05, 3.63) is 53.1 Å². The molecular weight excluding hydrogens is 450 g/mol. The molecule has 11 nitrogen and oxygen atoms in total. The Hall–Kier alpha value is -3.44. The van der Waals surface area contributed by atoms with Crippen LogP contribution in [0.1, 0.15) is 40.8 Å². The van der Waals surface area contributed by atoms with Crippen LogP contribution >= 0.6 is 0 Å². The number of benzene rings is 1. The van der Waals surface area contributed by atoms with Crippen molar-refractivity contribution in [2.45, 2.75) is 51.7 Å². The van der Waals surface area contributed by atoms with E-state index in [1.54, 1.807) is 31.2 Å². The molecule has 1 amide bonds. The Morgan fingerprint density at radius 2 is 2.11 bits per heavy atom. The zero-order valence-electron chi connectivity index (χ0n) is 20.4. The van der Waals surface area contributed by atoms with Crippen LogP contribution in [0.3, 0.4) is 0 Å². The lowest BCUT2D eigenvalue weighted by Gasteiger charge is -2.34. The van der Waals surface area contributed by atoms with Gasteiger partial charge in [0, 0.05) is 44.0 Å². The maximum atomic E-state index is 12.5. The number of carbonyl (C=O) groups excluding carboxylic acids is 1. The van der Waals surface area contributed by atoms with Crippen molar-refractivity contribution in [2.24, 2.45) is 0 Å². The van der Waals surface area contributed by atoms with Crippen LogP contribution in [0.4, 0.5) is 0 Å². The largest absolute Gasteiger partial charge is 0.497 e. The fraction of sp³-hybridized carbons (Fsp3) is 0.500. The minimum absolute atomic E-state index is 0.181. The van der Waals surface area contributed by atoms with E-state index in [1.807, 2.05) is 29.8 Å². The number of ether oxygens (including phenoxy) is 3. The lowest BCUT2D eigenvalue weighted by Crippen LogP contribution is -2.44. The van der Waals surface area contributed by atoms with E-state index in [9.17, 15) is 4.79 Å². The molecule has 0 aliphatic carbocycles. The predicted octanol–water partition coefficient (Wildman–Crippen LogP) is 1.62. The molecule has 35 heavy (non-hydrogen) atoms. The van der Waals surface area contributed by atoms with Crippen LogP contribution < -0.4 is 14.8 Å². The smallest absolute Gasteiger partial charge is 0.269 e. The summed E-state index contributed by atoms with van der Waals surface area (Å²) < 4.78 is 20.9. The minimum Gasteiger partial charge on any atom is -0.497 e. The van der Waals surface area contributed by atoms with Gasteiger partial charge in [-0.25, -0.2) is 4.68 Å². The second-order valence-electron chi connectivity index (χ2n) is 8.97. The Morgan fingerprint density at radius 1 is 1.23 bits per heavy atom. The van der Waals surface area contributed by atoms with Crippen molar-refractivity contribution in [3.63, 3.8) is 0 Å². The summed E-state index contributed by atoms with van der Waals surface area (Å²) in [5.41, 5.74) is 2.99. The molecule has 1 saturated heterocycles. The number of hydrogen-bond donors (Lipinski definition) is 1. The van der Waals surface area contributed by atoms with Crippen molar-refractivity contribution in [1.82, 2.24) is 35.0 Å². The van der Waals surface area contributed by atoms with Crippen molar-refractivity contribution in [3.8, 4) is 11.5 Å². The Morgan fingerprint density at radius 3 is 2.91 bits per heavy atom. The SMILES string of the molecule is CCn1nccc1C(=O)NCc1nnn2c1COC1(CCN(Cc3ccc(OC)cc3OC)C1)C2. The summed E-state index contributed by atoms with van der Waals surface area (Å²) in [6, 6.07) is 7.63. The molecule has 4 heterocycles. The van der Waals surface area contributed by atoms with Crippen LogP contribution in [0.25, 0.3) is 0 Å². The summed E-state index contributed by atoms with van der Waals surface area (Å²) in [7, 11) is 3.33. The van der Waals surface area contributed by atoms with Crippen molar-refractivity contribution < 1.29 is 19.0 Å². The molecule has 1 aromatic carbocycles. The Labute approximate surface area is 203 Å². The number of likely N-dealkylation sites (tertiary alicyclic amines) is 1. The van der Waals surface area contributed by atoms with Crippen LogP contribution in [0, 0.1) is 0 Å². The molecule has 1 unspecified atom stereocenters. The number of nitrogens with one attached hydrogen (secondary N) is 1. The van der Waals surface area contributed by atoms with Crippen molar-refractivity contribution >= 4 is 5.91 Å². The third-order valence-electron chi connectivity index (χ3n) is 6.82. The second-order valence-corrected chi connectivity index (χ2v) is 8.97. The van der Waals surface area contributed by atoms with Gasteiger partial charge >= 0.3 is 0 Å². The summed E-state index contributed by atoms with van der Waals surface area (Å²) in [5, 5.41) is 15.8. The zero-order valence-corrected chi connectivity index (χ0v) is 20.4. The van der Waals surface area contributed by atoms with Gasteiger partial charge in [0.05, 0.1) is 39.6 Å². The van der Waals surface area contributed by atoms with Gasteiger partial charge < -0.3 is 19.5 Å². The van der Waals surface area contributed by atoms with Crippen LogP contribution in [-0.4, -0.2) is 68.5 Å². The summed E-state index contributed by atoms with van der Waals surface area (Å²) in [4.78, 5) is 14.9. The quantitative estimate of drug-likeness (QED) is 0.517. The minimum atomic E-state index is -0.297. The molecule has 186 valence electrons. The van der Waals surface area contributed by atoms with Gasteiger partial charge in [-0.3, -0.25) is 14.4 Å². The molecule has 5 rings (SSSR count). The third kappa shape index (κ3) is 4.61. The van der Waals surface area contributed by atoms with E-state index >= 15 is 0 Å². The highest BCUT2D eigenvalue weighted by molar-refractivity contribution is 5.92. The van der Waals surface area contributed by atoms with E-state index in [4.69, 9.17) is 14.2 Å². The van der Waals surface area contributed by atoms with Gasteiger partial charge in [-0.1, -0.05) is 11.3 Å². The standard InChI is InChI=1S/C24H31N7O4/c1-4-30-20(7-9-26-30)23(32)25-12-19-21-14-35-24(16-31(21)28-27-19)8-10-29(15-24)13-17-5-6-18(33-2)11-22(17)34-3/h5-7,9,11H,4,8,10,12-16H2,1-3H3,(H,25,32). The van der Waals surface area contributed by atoms with E-state index in [1.165, 1.54) is 0 Å². The first-order valence-corrected chi connectivity index (χ1v) is 11.8. The number of rotatable bonds is 8. The lowest BCUT2D eigenvalue weighted by atomic mass is 10.0. The number of carbonyl (C=O) groups is 1. The molecule has 1 N–H and O–H groups in total. The number of amides is 1. The summed E-state index contributed by atoms with van der Waals surface area (Å²) in [6.45, 7) is 6.44. The highest BCUT2D eigenvalue weighted by atomic mass is 16.5. The average molecular weight is 482 g/mol. The number of aromatic nitrogens is 5. The van der Waals surface area contributed by atoms with Gasteiger partial charge in [0.1, 0.15) is 28.5 Å². The molecule has 2 aliphatic rings. The van der Waals surface area contributed by atoms with E-state index in [0.717, 1.165) is 54.5 Å². The highest BCUT2D eigenvalue weighted by Gasteiger charge is 2.43. The second kappa shape index (κ2) is 9.67. The average Bonchev–Trinajstić information content (AvgIpc) is 3.61. The molecule has 1 spiro atoms. The first-order chi connectivity index (χ1) is 17.0. The number of aryl methyl sites for hydroxylation is 1. The fourth-order valence-electron chi connectivity index (χ4n) is 4.90. The highest BCUT2D eigenvalue weighted by Crippen LogP contribution is 2.34. The van der Waals surface area contributed by atoms with Crippen molar-refractivity contribution in [2.75, 3.05) is 27.3 Å². The maximum Gasteiger partial charge on any atom is 0.269 e. The molecule has 1 fully saturated rings. The van der Waals surface area contributed by atoms with E-state index < -0.39 is 0 Å². The molecular formula is C24H31N7O4. The lowest BCUT2D eigenvalue weighted by molar-refractivity contribution is -0.0845. The number of methoxy groups -OCH3 is 2. The molecule has 1 atom stereocenters. The number of nitrogens with zero attached hydrogens (tertiary/aromatic N) is 6. The number of hydrogen-bond acceptors (Lipinski definition) is 8. The first-order valence-electron chi connectivity index (χ1n) is 11.8. The van der Waals surface area contributed by atoms with Gasteiger partial charge in [-0.05, 0) is 25.5 Å². The normalized spacial score (nSPS) is 19.6. The molecule has 2 aliphatic heterocycles. The van der Waals surface area contributed by atoms with Crippen LogP contribution in [0.5, 0.6) is 11.5 Å². The van der Waals surface area contributed by atoms with E-state index in [-0.39, 0.29) is 11.5 Å².